The fourth-order valence-corrected chi connectivity index (χ4v) is 3.93. The number of amides is 2. The highest BCUT2D eigenvalue weighted by Crippen LogP contribution is 2.25. The van der Waals surface area contributed by atoms with E-state index in [-0.39, 0.29) is 24.4 Å². The van der Waals surface area contributed by atoms with Crippen molar-refractivity contribution in [1.82, 2.24) is 25.3 Å². The summed E-state index contributed by atoms with van der Waals surface area (Å²) in [7, 11) is 1.59. The highest BCUT2D eigenvalue weighted by atomic mass is 16.2. The maximum Gasteiger partial charge on any atom is 0.275 e. The van der Waals surface area contributed by atoms with Gasteiger partial charge in [0.15, 0.2) is 5.69 Å². The molecule has 2 N–H and O–H groups in total. The first kappa shape index (κ1) is 20.8. The summed E-state index contributed by atoms with van der Waals surface area (Å²) in [6.07, 6.45) is 1.63. The summed E-state index contributed by atoms with van der Waals surface area (Å²) in [6.45, 7) is 1.69. The number of carbonyl (C=O) groups is 2. The normalized spacial score (nSPS) is 14.2. The Morgan fingerprint density at radius 1 is 1.06 bits per heavy atom. The zero-order valence-electron chi connectivity index (χ0n) is 17.6. The zero-order valence-corrected chi connectivity index (χ0v) is 17.6. The highest BCUT2D eigenvalue weighted by Gasteiger charge is 2.30. The average Bonchev–Trinajstić information content (AvgIpc) is 3.29. The lowest BCUT2D eigenvalue weighted by Gasteiger charge is -2.33. The second-order valence-corrected chi connectivity index (χ2v) is 7.62. The number of hydrogen-bond donors (Lipinski definition) is 2. The second kappa shape index (κ2) is 9.57. The largest absolute Gasteiger partial charge is 0.358 e. The topological polar surface area (TPSA) is 79.3 Å². The smallest absolute Gasteiger partial charge is 0.275 e. The molecule has 2 heterocycles. The van der Waals surface area contributed by atoms with Crippen LogP contribution in [0.3, 0.4) is 0 Å². The van der Waals surface area contributed by atoms with Crippen LogP contribution in [0.1, 0.15) is 23.3 Å². The number of nitrogens with zero attached hydrogens (tertiary/aromatic N) is 3. The maximum atomic E-state index is 13.6. The van der Waals surface area contributed by atoms with Gasteiger partial charge in [0.2, 0.25) is 5.91 Å². The molecule has 1 aliphatic rings. The number of nitrogens with one attached hydrogen (secondary N) is 2. The molecule has 2 aromatic carbocycles. The summed E-state index contributed by atoms with van der Waals surface area (Å²) in [5.74, 6) is -0.403. The Morgan fingerprint density at radius 3 is 2.35 bits per heavy atom. The third-order valence-corrected chi connectivity index (χ3v) is 5.60. The lowest BCUT2D eigenvalue weighted by atomic mass is 10.0. The minimum atomic E-state index is -0.220. The van der Waals surface area contributed by atoms with Crippen LogP contribution in [-0.4, -0.2) is 59.2 Å². The molecule has 0 saturated carbocycles. The van der Waals surface area contributed by atoms with Gasteiger partial charge in [-0.3, -0.25) is 9.59 Å². The minimum absolute atomic E-state index is 0.00750. The molecule has 1 aromatic heterocycles. The van der Waals surface area contributed by atoms with Crippen LogP contribution in [0.2, 0.25) is 0 Å². The summed E-state index contributed by atoms with van der Waals surface area (Å²) < 4.78 is 1.79. The molecule has 3 aromatic rings. The fourth-order valence-electron chi connectivity index (χ4n) is 3.93. The van der Waals surface area contributed by atoms with E-state index < -0.39 is 0 Å². The summed E-state index contributed by atoms with van der Waals surface area (Å²) in [4.78, 5) is 27.4. The summed E-state index contributed by atoms with van der Waals surface area (Å²) in [5.41, 5.74) is 3.02. The van der Waals surface area contributed by atoms with Crippen LogP contribution in [0, 0.1) is 0 Å². The molecule has 2 amide bonds. The minimum Gasteiger partial charge on any atom is -0.358 e. The van der Waals surface area contributed by atoms with Crippen LogP contribution in [0.5, 0.6) is 0 Å². The van der Waals surface area contributed by atoms with Crippen molar-refractivity contribution in [2.45, 2.75) is 18.9 Å². The average molecular weight is 418 g/mol. The molecule has 0 unspecified atom stereocenters. The fraction of sp³-hybridized carbons (Fsp3) is 0.292. The van der Waals surface area contributed by atoms with Gasteiger partial charge in [0.05, 0.1) is 11.4 Å². The first-order chi connectivity index (χ1) is 15.2. The monoisotopic (exact) mass is 417 g/mol. The number of rotatable bonds is 6. The molecule has 7 heteroatoms. The molecule has 0 aliphatic carbocycles. The third kappa shape index (κ3) is 4.67. The molecular weight excluding hydrogens is 390 g/mol. The third-order valence-electron chi connectivity index (χ3n) is 5.60. The van der Waals surface area contributed by atoms with Gasteiger partial charge < -0.3 is 15.5 Å². The van der Waals surface area contributed by atoms with E-state index >= 15 is 0 Å². The van der Waals surface area contributed by atoms with E-state index in [0.29, 0.717) is 5.69 Å². The molecule has 0 bridgehead atoms. The van der Waals surface area contributed by atoms with E-state index in [1.807, 2.05) is 66.7 Å². The van der Waals surface area contributed by atoms with Crippen LogP contribution in [-0.2, 0) is 4.79 Å². The quantitative estimate of drug-likeness (QED) is 0.646. The van der Waals surface area contributed by atoms with E-state index in [2.05, 4.69) is 15.7 Å². The zero-order chi connectivity index (χ0) is 21.6. The van der Waals surface area contributed by atoms with Crippen molar-refractivity contribution in [3.63, 3.8) is 0 Å². The predicted octanol–water partition coefficient (Wildman–Crippen LogP) is 2.48. The van der Waals surface area contributed by atoms with Crippen molar-refractivity contribution in [1.29, 1.82) is 0 Å². The highest BCUT2D eigenvalue weighted by molar-refractivity contribution is 5.96. The van der Waals surface area contributed by atoms with Crippen LogP contribution < -0.4 is 10.6 Å². The summed E-state index contributed by atoms with van der Waals surface area (Å²) >= 11 is 0. The predicted molar refractivity (Wildman–Crippen MR) is 120 cm³/mol. The Bertz CT molecular complexity index is 970. The standard InChI is InChI=1S/C24H27N5O2/c1-25-23(30)17-28(19-12-14-26-15-13-19)24(31)21-16-22(18-8-4-2-5-9-18)29(27-21)20-10-6-3-7-11-20/h2-11,16,19,26H,12-15,17H2,1H3,(H,25,30). The van der Waals surface area contributed by atoms with Gasteiger partial charge in [-0.25, -0.2) is 4.68 Å². The Morgan fingerprint density at radius 2 is 1.71 bits per heavy atom. The number of aromatic nitrogens is 2. The summed E-state index contributed by atoms with van der Waals surface area (Å²) in [5, 5.41) is 10.6. The molecule has 31 heavy (non-hydrogen) atoms. The van der Waals surface area contributed by atoms with Crippen molar-refractivity contribution < 1.29 is 9.59 Å². The molecule has 1 aliphatic heterocycles. The Kier molecular flexibility index (Phi) is 6.43. The molecule has 160 valence electrons. The molecule has 7 nitrogen and oxygen atoms in total. The molecule has 0 radical (unpaired) electrons. The maximum absolute atomic E-state index is 13.6. The number of hydrogen-bond acceptors (Lipinski definition) is 4. The van der Waals surface area contributed by atoms with Gasteiger partial charge in [0.25, 0.3) is 5.91 Å². The van der Waals surface area contributed by atoms with Gasteiger partial charge >= 0.3 is 0 Å². The van der Waals surface area contributed by atoms with E-state index in [4.69, 9.17) is 0 Å². The Hall–Kier alpha value is -3.45. The van der Waals surface area contributed by atoms with Gasteiger partial charge in [-0.05, 0) is 44.1 Å². The van der Waals surface area contributed by atoms with E-state index in [1.54, 1.807) is 16.6 Å². The van der Waals surface area contributed by atoms with Crippen molar-refractivity contribution in [2.75, 3.05) is 26.7 Å². The van der Waals surface area contributed by atoms with Crippen molar-refractivity contribution in [3.05, 3.63) is 72.4 Å². The van der Waals surface area contributed by atoms with E-state index in [9.17, 15) is 9.59 Å². The number of piperidine rings is 1. The second-order valence-electron chi connectivity index (χ2n) is 7.62. The van der Waals surface area contributed by atoms with E-state index in [1.165, 1.54) is 0 Å². The van der Waals surface area contributed by atoms with Crippen molar-refractivity contribution in [2.24, 2.45) is 0 Å². The molecule has 1 saturated heterocycles. The number of para-hydroxylation sites is 1. The lowest BCUT2D eigenvalue weighted by molar-refractivity contribution is -0.121. The van der Waals surface area contributed by atoms with E-state index in [0.717, 1.165) is 42.9 Å². The first-order valence-electron chi connectivity index (χ1n) is 10.6. The van der Waals surface area contributed by atoms with Crippen molar-refractivity contribution in [3.8, 4) is 16.9 Å². The van der Waals surface area contributed by atoms with Crippen molar-refractivity contribution >= 4 is 11.8 Å². The molecule has 0 atom stereocenters. The molecule has 1 fully saturated rings. The Labute approximate surface area is 182 Å². The van der Waals surface area contributed by atoms with Gasteiger partial charge in [-0.2, -0.15) is 5.10 Å². The van der Waals surface area contributed by atoms with Gasteiger partial charge in [-0.1, -0.05) is 48.5 Å². The van der Waals surface area contributed by atoms with Crippen LogP contribution in [0.25, 0.3) is 16.9 Å². The Balaban J connectivity index is 1.74. The lowest BCUT2D eigenvalue weighted by Crippen LogP contribution is -2.49. The van der Waals surface area contributed by atoms with Gasteiger partial charge in [0, 0.05) is 18.7 Å². The van der Waals surface area contributed by atoms with Crippen LogP contribution in [0.15, 0.2) is 66.7 Å². The van der Waals surface area contributed by atoms with Gasteiger partial charge in [0.1, 0.15) is 6.54 Å². The SMILES string of the molecule is CNC(=O)CN(C(=O)c1cc(-c2ccccc2)n(-c2ccccc2)n1)C1CCNCC1. The molecule has 0 spiro atoms. The van der Waals surface area contributed by atoms with Crippen LogP contribution in [0.4, 0.5) is 0 Å². The van der Waals surface area contributed by atoms with Crippen LogP contribution >= 0.6 is 0 Å². The number of benzene rings is 2. The summed E-state index contributed by atoms with van der Waals surface area (Å²) in [6, 6.07) is 21.5. The molecule has 4 rings (SSSR count). The van der Waals surface area contributed by atoms with Gasteiger partial charge in [-0.15, -0.1) is 0 Å². The first-order valence-corrected chi connectivity index (χ1v) is 10.6. The number of likely N-dealkylation sites (N-methyl/N-ethyl adjacent to an activating group) is 1. The number of carbonyl (C=O) groups excluding carboxylic acids is 2. The molecular formula is C24H27N5O2.